The zero-order chi connectivity index (χ0) is 19.5. The molecule has 6 nitrogen and oxygen atoms in total. The van der Waals surface area contributed by atoms with Crippen molar-refractivity contribution < 1.29 is 9.53 Å². The fourth-order valence-corrected chi connectivity index (χ4v) is 2.94. The van der Waals surface area contributed by atoms with Crippen LogP contribution in [0.3, 0.4) is 0 Å². The molecule has 1 aliphatic heterocycles. The molecule has 27 heavy (non-hydrogen) atoms. The topological polar surface area (TPSA) is 66.0 Å². The molecule has 150 valence electrons. The maximum atomic E-state index is 12.0. The number of ether oxygens (including phenoxy) is 1. The van der Waals surface area contributed by atoms with Gasteiger partial charge in [-0.15, -0.1) is 0 Å². The van der Waals surface area contributed by atoms with E-state index in [1.165, 1.54) is 0 Å². The lowest BCUT2D eigenvalue weighted by molar-refractivity contribution is -0.119. The molecular weight excluding hydrogens is 340 g/mol. The predicted octanol–water partition coefficient (Wildman–Crippen LogP) is 2.93. The highest BCUT2D eigenvalue weighted by molar-refractivity contribution is 5.93. The number of hydrogen-bond acceptors (Lipinski definition) is 3. The molecule has 0 aromatic heterocycles. The minimum atomic E-state index is 0.229. The molecule has 1 fully saturated rings. The number of piperidine rings is 1. The maximum Gasteiger partial charge on any atom is 0.226 e. The van der Waals surface area contributed by atoms with Gasteiger partial charge in [0.25, 0.3) is 0 Å². The molecule has 0 atom stereocenters. The molecule has 0 aliphatic carbocycles. The Bertz CT molecular complexity index is 599. The van der Waals surface area contributed by atoms with E-state index in [0.29, 0.717) is 25.5 Å². The summed E-state index contributed by atoms with van der Waals surface area (Å²) in [6.07, 6.45) is 3.84. The first kappa shape index (κ1) is 21.2. The van der Waals surface area contributed by atoms with Crippen molar-refractivity contribution in [1.82, 2.24) is 10.6 Å². The van der Waals surface area contributed by atoms with E-state index in [-0.39, 0.29) is 5.91 Å². The van der Waals surface area contributed by atoms with Crippen LogP contribution >= 0.6 is 0 Å². The number of carbonyl (C=O) groups is 1. The van der Waals surface area contributed by atoms with Crippen LogP contribution in [0.25, 0.3) is 0 Å². The van der Waals surface area contributed by atoms with Crippen LogP contribution in [-0.2, 0) is 16.1 Å². The molecule has 2 rings (SSSR count). The minimum Gasteiger partial charge on any atom is -0.380 e. The van der Waals surface area contributed by atoms with E-state index in [1.807, 2.05) is 17.0 Å². The van der Waals surface area contributed by atoms with E-state index in [0.717, 1.165) is 56.2 Å². The standard InChI is InChI=1S/C21H34N4O2/c1-17(2)11-14-27-15-12-23-21(22-3)24-16-18-7-9-19(10-8-18)25-13-5-4-6-20(25)26/h7-10,17H,4-6,11-16H2,1-3H3,(H2,22,23,24). The first-order valence-corrected chi connectivity index (χ1v) is 10.0. The highest BCUT2D eigenvalue weighted by Gasteiger charge is 2.19. The number of hydrogen-bond donors (Lipinski definition) is 2. The molecule has 6 heteroatoms. The summed E-state index contributed by atoms with van der Waals surface area (Å²) in [4.78, 5) is 18.1. The molecule has 2 N–H and O–H groups in total. The molecule has 1 heterocycles. The first-order valence-electron chi connectivity index (χ1n) is 10.0. The van der Waals surface area contributed by atoms with Crippen molar-refractivity contribution in [3.63, 3.8) is 0 Å². The normalized spacial score (nSPS) is 15.3. The van der Waals surface area contributed by atoms with Gasteiger partial charge in [0.1, 0.15) is 0 Å². The number of carbonyl (C=O) groups excluding carboxylic acids is 1. The molecule has 1 amide bonds. The second-order valence-corrected chi connectivity index (χ2v) is 7.32. The van der Waals surface area contributed by atoms with Gasteiger partial charge in [0.15, 0.2) is 5.96 Å². The molecule has 0 spiro atoms. The Morgan fingerprint density at radius 3 is 2.63 bits per heavy atom. The summed E-state index contributed by atoms with van der Waals surface area (Å²) < 4.78 is 5.60. The summed E-state index contributed by atoms with van der Waals surface area (Å²) in [6, 6.07) is 8.18. The van der Waals surface area contributed by atoms with Crippen molar-refractivity contribution in [1.29, 1.82) is 0 Å². The molecule has 1 aliphatic rings. The van der Waals surface area contributed by atoms with Crippen molar-refractivity contribution in [3.05, 3.63) is 29.8 Å². The molecule has 1 saturated heterocycles. The summed E-state index contributed by atoms with van der Waals surface area (Å²) in [6.45, 7) is 8.11. The Morgan fingerprint density at radius 1 is 1.19 bits per heavy atom. The zero-order valence-electron chi connectivity index (χ0n) is 17.0. The Kier molecular flexibility index (Phi) is 9.11. The van der Waals surface area contributed by atoms with Crippen molar-refractivity contribution in [2.75, 3.05) is 38.3 Å². The monoisotopic (exact) mass is 374 g/mol. The number of aliphatic imine (C=N–C) groups is 1. The smallest absolute Gasteiger partial charge is 0.226 e. The lowest BCUT2D eigenvalue weighted by Gasteiger charge is -2.26. The van der Waals surface area contributed by atoms with E-state index in [2.05, 4.69) is 41.6 Å². The Hall–Kier alpha value is -2.08. The van der Waals surface area contributed by atoms with Crippen LogP contribution in [0.2, 0.25) is 0 Å². The summed E-state index contributed by atoms with van der Waals surface area (Å²) in [7, 11) is 1.76. The van der Waals surface area contributed by atoms with Crippen LogP contribution < -0.4 is 15.5 Å². The number of benzene rings is 1. The van der Waals surface area contributed by atoms with E-state index >= 15 is 0 Å². The number of guanidine groups is 1. The number of amides is 1. The number of rotatable bonds is 9. The average molecular weight is 375 g/mol. The van der Waals surface area contributed by atoms with Gasteiger partial charge in [-0.25, -0.2) is 0 Å². The first-order chi connectivity index (χ1) is 13.1. The third-order valence-corrected chi connectivity index (χ3v) is 4.63. The van der Waals surface area contributed by atoms with Gasteiger partial charge < -0.3 is 20.3 Å². The van der Waals surface area contributed by atoms with Gasteiger partial charge in [0.05, 0.1) is 6.61 Å². The van der Waals surface area contributed by atoms with Crippen molar-refractivity contribution in [2.45, 2.75) is 46.1 Å². The minimum absolute atomic E-state index is 0.229. The summed E-state index contributed by atoms with van der Waals surface area (Å²) in [5.41, 5.74) is 2.14. The van der Waals surface area contributed by atoms with E-state index < -0.39 is 0 Å². The SMILES string of the molecule is CN=C(NCCOCCC(C)C)NCc1ccc(N2CCCCC2=O)cc1. The fourth-order valence-electron chi connectivity index (χ4n) is 2.94. The van der Waals surface area contributed by atoms with Crippen molar-refractivity contribution in [2.24, 2.45) is 10.9 Å². The van der Waals surface area contributed by atoms with Gasteiger partial charge in [0.2, 0.25) is 5.91 Å². The average Bonchev–Trinajstić information content (AvgIpc) is 2.67. The van der Waals surface area contributed by atoms with Crippen molar-refractivity contribution >= 4 is 17.6 Å². The molecule has 1 aromatic carbocycles. The van der Waals surface area contributed by atoms with Gasteiger partial charge in [-0.3, -0.25) is 9.79 Å². The molecule has 0 unspecified atom stereocenters. The van der Waals surface area contributed by atoms with Crippen LogP contribution in [0.15, 0.2) is 29.3 Å². The third kappa shape index (κ3) is 7.59. The van der Waals surface area contributed by atoms with Gasteiger partial charge in [-0.1, -0.05) is 26.0 Å². The number of nitrogens with zero attached hydrogens (tertiary/aromatic N) is 2. The van der Waals surface area contributed by atoms with Crippen LogP contribution in [0.4, 0.5) is 5.69 Å². The Labute approximate surface area is 163 Å². The van der Waals surface area contributed by atoms with Gasteiger partial charge >= 0.3 is 0 Å². The van der Waals surface area contributed by atoms with Crippen LogP contribution in [-0.4, -0.2) is 45.2 Å². The number of anilines is 1. The van der Waals surface area contributed by atoms with E-state index in [1.54, 1.807) is 7.05 Å². The highest BCUT2D eigenvalue weighted by atomic mass is 16.5. The quantitative estimate of drug-likeness (QED) is 0.396. The zero-order valence-corrected chi connectivity index (χ0v) is 17.0. The maximum absolute atomic E-state index is 12.0. The second kappa shape index (κ2) is 11.6. The number of nitrogens with one attached hydrogen (secondary N) is 2. The van der Waals surface area contributed by atoms with E-state index in [9.17, 15) is 4.79 Å². The molecule has 1 aromatic rings. The molecular formula is C21H34N4O2. The fraction of sp³-hybridized carbons (Fsp3) is 0.619. The predicted molar refractivity (Wildman–Crippen MR) is 111 cm³/mol. The van der Waals surface area contributed by atoms with Gasteiger partial charge in [0, 0.05) is 45.4 Å². The highest BCUT2D eigenvalue weighted by Crippen LogP contribution is 2.21. The lowest BCUT2D eigenvalue weighted by Crippen LogP contribution is -2.38. The molecule has 0 bridgehead atoms. The summed E-state index contributed by atoms with van der Waals surface area (Å²) >= 11 is 0. The second-order valence-electron chi connectivity index (χ2n) is 7.32. The Morgan fingerprint density at radius 2 is 1.96 bits per heavy atom. The van der Waals surface area contributed by atoms with Crippen LogP contribution in [0, 0.1) is 5.92 Å². The van der Waals surface area contributed by atoms with Crippen LogP contribution in [0.5, 0.6) is 0 Å². The molecule has 0 radical (unpaired) electrons. The van der Waals surface area contributed by atoms with Gasteiger partial charge in [-0.05, 0) is 42.9 Å². The van der Waals surface area contributed by atoms with Crippen molar-refractivity contribution in [3.8, 4) is 0 Å². The largest absolute Gasteiger partial charge is 0.380 e. The summed E-state index contributed by atoms with van der Waals surface area (Å²) in [5, 5.41) is 6.56. The third-order valence-electron chi connectivity index (χ3n) is 4.63. The lowest BCUT2D eigenvalue weighted by atomic mass is 10.1. The van der Waals surface area contributed by atoms with Gasteiger partial charge in [-0.2, -0.15) is 0 Å². The molecule has 0 saturated carbocycles. The van der Waals surface area contributed by atoms with Crippen LogP contribution in [0.1, 0.15) is 45.1 Å². The van der Waals surface area contributed by atoms with E-state index in [4.69, 9.17) is 4.74 Å². The Balaban J connectivity index is 1.70. The summed E-state index contributed by atoms with van der Waals surface area (Å²) in [5.74, 6) is 1.66.